The predicted molar refractivity (Wildman–Crippen MR) is 95.3 cm³/mol. The van der Waals surface area contributed by atoms with Crippen LogP contribution in [0.25, 0.3) is 0 Å². The van der Waals surface area contributed by atoms with Crippen molar-refractivity contribution in [3.05, 3.63) is 94.2 Å². The summed E-state index contributed by atoms with van der Waals surface area (Å²) in [6.45, 7) is 0. The van der Waals surface area contributed by atoms with E-state index in [0.717, 1.165) is 15.7 Å². The third-order valence-corrected chi connectivity index (χ3v) is 4.32. The molecule has 0 saturated heterocycles. The van der Waals surface area contributed by atoms with Crippen molar-refractivity contribution < 1.29 is 4.79 Å². The van der Waals surface area contributed by atoms with E-state index in [1.165, 1.54) is 0 Å². The van der Waals surface area contributed by atoms with Gasteiger partial charge in [0.1, 0.15) is 0 Å². The topological polar surface area (TPSA) is 34.0 Å². The Bertz CT molecular complexity index is 794. The number of amides is 1. The van der Waals surface area contributed by atoms with Crippen LogP contribution in [0.1, 0.15) is 27.7 Å². The maximum absolute atomic E-state index is 12.6. The van der Waals surface area contributed by atoms with E-state index >= 15 is 0 Å². The number of carbonyl (C=O) groups excluding carboxylic acids is 1. The Labute approximate surface area is 144 Å². The molecule has 0 fully saturated rings. The third kappa shape index (κ3) is 3.54. The van der Waals surface area contributed by atoms with Gasteiger partial charge in [-0.25, -0.2) is 0 Å². The van der Waals surface area contributed by atoms with Crippen LogP contribution in [0.4, 0.5) is 0 Å². The van der Waals surface area contributed by atoms with Crippen molar-refractivity contribution in [2.24, 2.45) is 7.05 Å². The number of aromatic nitrogens is 1. The Morgan fingerprint density at radius 1 is 1.00 bits per heavy atom. The fraction of sp³-hybridized carbons (Fsp3) is 0.105. The number of hydrogen-bond donors (Lipinski definition) is 1. The van der Waals surface area contributed by atoms with Crippen LogP contribution in [0.2, 0.25) is 0 Å². The molecule has 3 nitrogen and oxygen atoms in total. The van der Waals surface area contributed by atoms with Crippen molar-refractivity contribution in [3.63, 3.8) is 0 Å². The summed E-state index contributed by atoms with van der Waals surface area (Å²) in [5, 5.41) is 3.14. The minimum Gasteiger partial charge on any atom is -0.352 e. The van der Waals surface area contributed by atoms with Crippen molar-refractivity contribution in [1.82, 2.24) is 9.88 Å². The second-order valence-corrected chi connectivity index (χ2v) is 6.28. The smallest absolute Gasteiger partial charge is 0.252 e. The lowest BCUT2D eigenvalue weighted by Crippen LogP contribution is -2.30. The van der Waals surface area contributed by atoms with Gasteiger partial charge in [0.2, 0.25) is 0 Å². The second kappa shape index (κ2) is 6.84. The molecule has 23 heavy (non-hydrogen) atoms. The standard InChI is InChI=1S/C19H17BrN2O/c1-22-13-5-8-17(22)18(14-9-11-16(20)12-10-14)21-19(23)15-6-3-2-4-7-15/h2-13,18H,1H3,(H,21,23). The molecule has 0 radical (unpaired) electrons. The number of halogens is 1. The molecule has 2 aromatic carbocycles. The molecule has 4 heteroatoms. The first-order valence-corrected chi connectivity index (χ1v) is 8.17. The van der Waals surface area contributed by atoms with Crippen LogP contribution >= 0.6 is 15.9 Å². The predicted octanol–water partition coefficient (Wildman–Crippen LogP) is 4.31. The summed E-state index contributed by atoms with van der Waals surface area (Å²) in [5.74, 6) is -0.0836. The van der Waals surface area contributed by atoms with E-state index in [4.69, 9.17) is 0 Å². The molecule has 1 N–H and O–H groups in total. The van der Waals surface area contributed by atoms with Gasteiger partial charge in [0.05, 0.1) is 6.04 Å². The quantitative estimate of drug-likeness (QED) is 0.731. The summed E-state index contributed by atoms with van der Waals surface area (Å²) in [6, 6.07) is 21.1. The summed E-state index contributed by atoms with van der Waals surface area (Å²) in [4.78, 5) is 12.6. The molecule has 1 aromatic heterocycles. The van der Waals surface area contributed by atoms with Gasteiger partial charge in [-0.1, -0.05) is 46.3 Å². The molecule has 3 aromatic rings. The van der Waals surface area contributed by atoms with Crippen LogP contribution < -0.4 is 5.32 Å². The molecule has 0 spiro atoms. The number of carbonyl (C=O) groups is 1. The molecule has 0 saturated carbocycles. The van der Waals surface area contributed by atoms with Crippen LogP contribution in [0.15, 0.2) is 77.4 Å². The van der Waals surface area contributed by atoms with E-state index in [2.05, 4.69) is 21.2 Å². The van der Waals surface area contributed by atoms with Gasteiger partial charge in [-0.3, -0.25) is 4.79 Å². The van der Waals surface area contributed by atoms with Gasteiger partial charge in [-0.05, 0) is 42.0 Å². The maximum Gasteiger partial charge on any atom is 0.252 e. The lowest BCUT2D eigenvalue weighted by atomic mass is 10.0. The monoisotopic (exact) mass is 368 g/mol. The summed E-state index contributed by atoms with van der Waals surface area (Å²) in [6.07, 6.45) is 1.98. The Kier molecular flexibility index (Phi) is 4.63. The van der Waals surface area contributed by atoms with E-state index < -0.39 is 0 Å². The molecule has 1 heterocycles. The first-order valence-electron chi connectivity index (χ1n) is 7.38. The normalized spacial score (nSPS) is 11.9. The van der Waals surface area contributed by atoms with Gasteiger partial charge in [0, 0.05) is 29.0 Å². The lowest BCUT2D eigenvalue weighted by Gasteiger charge is -2.20. The molecular formula is C19H17BrN2O. The third-order valence-electron chi connectivity index (χ3n) is 3.79. The fourth-order valence-corrected chi connectivity index (χ4v) is 2.83. The van der Waals surface area contributed by atoms with Gasteiger partial charge in [-0.2, -0.15) is 0 Å². The second-order valence-electron chi connectivity index (χ2n) is 5.37. The summed E-state index contributed by atoms with van der Waals surface area (Å²) >= 11 is 3.45. The number of hydrogen-bond acceptors (Lipinski definition) is 1. The van der Waals surface area contributed by atoms with E-state index in [1.54, 1.807) is 0 Å². The zero-order valence-corrected chi connectivity index (χ0v) is 14.3. The molecular weight excluding hydrogens is 352 g/mol. The molecule has 0 aliphatic rings. The highest BCUT2D eigenvalue weighted by Gasteiger charge is 2.19. The van der Waals surface area contributed by atoms with Gasteiger partial charge >= 0.3 is 0 Å². The van der Waals surface area contributed by atoms with Crippen LogP contribution in [-0.4, -0.2) is 10.5 Å². The highest BCUT2D eigenvalue weighted by molar-refractivity contribution is 9.10. The van der Waals surface area contributed by atoms with E-state index in [0.29, 0.717) is 5.56 Å². The van der Waals surface area contributed by atoms with E-state index in [9.17, 15) is 4.79 Å². The summed E-state index contributed by atoms with van der Waals surface area (Å²) < 4.78 is 3.04. The number of benzene rings is 2. The number of nitrogens with one attached hydrogen (secondary N) is 1. The van der Waals surface area contributed by atoms with Crippen LogP contribution in [-0.2, 0) is 7.05 Å². The van der Waals surface area contributed by atoms with E-state index in [1.807, 2.05) is 84.5 Å². The van der Waals surface area contributed by atoms with Crippen LogP contribution in [0.5, 0.6) is 0 Å². The van der Waals surface area contributed by atoms with Crippen LogP contribution in [0.3, 0.4) is 0 Å². The molecule has 0 bridgehead atoms. The van der Waals surface area contributed by atoms with Crippen molar-refractivity contribution in [3.8, 4) is 0 Å². The maximum atomic E-state index is 12.6. The van der Waals surface area contributed by atoms with Gasteiger partial charge in [0.25, 0.3) is 5.91 Å². The Morgan fingerprint density at radius 3 is 2.30 bits per heavy atom. The number of nitrogens with zero attached hydrogens (tertiary/aromatic N) is 1. The lowest BCUT2D eigenvalue weighted by molar-refractivity contribution is 0.0942. The SMILES string of the molecule is Cn1cccc1C(NC(=O)c1ccccc1)c1ccc(Br)cc1. The molecule has 1 unspecified atom stereocenters. The summed E-state index contributed by atoms with van der Waals surface area (Å²) in [5.41, 5.74) is 2.74. The zero-order chi connectivity index (χ0) is 16.2. The van der Waals surface area contributed by atoms with Gasteiger partial charge in [-0.15, -0.1) is 0 Å². The van der Waals surface area contributed by atoms with Gasteiger partial charge in [0.15, 0.2) is 0 Å². The largest absolute Gasteiger partial charge is 0.352 e. The fourth-order valence-electron chi connectivity index (χ4n) is 2.56. The highest BCUT2D eigenvalue weighted by Crippen LogP contribution is 2.24. The molecule has 0 aliphatic heterocycles. The average Bonchev–Trinajstić information content (AvgIpc) is 3.00. The minimum absolute atomic E-state index is 0.0836. The molecule has 116 valence electrons. The Hall–Kier alpha value is -2.33. The molecule has 0 aliphatic carbocycles. The van der Waals surface area contributed by atoms with E-state index in [-0.39, 0.29) is 11.9 Å². The average molecular weight is 369 g/mol. The first kappa shape index (κ1) is 15.6. The Morgan fingerprint density at radius 2 is 1.70 bits per heavy atom. The van der Waals surface area contributed by atoms with Gasteiger partial charge < -0.3 is 9.88 Å². The first-order chi connectivity index (χ1) is 11.1. The van der Waals surface area contributed by atoms with Crippen molar-refractivity contribution in [2.45, 2.75) is 6.04 Å². The molecule has 3 rings (SSSR count). The Balaban J connectivity index is 1.94. The van der Waals surface area contributed by atoms with Crippen molar-refractivity contribution >= 4 is 21.8 Å². The minimum atomic E-state index is -0.198. The molecule has 1 atom stereocenters. The molecule has 1 amide bonds. The number of aryl methyl sites for hydroxylation is 1. The highest BCUT2D eigenvalue weighted by atomic mass is 79.9. The summed E-state index contributed by atoms with van der Waals surface area (Å²) in [7, 11) is 1.98. The van der Waals surface area contributed by atoms with Crippen molar-refractivity contribution in [1.29, 1.82) is 0 Å². The van der Waals surface area contributed by atoms with Crippen molar-refractivity contribution in [2.75, 3.05) is 0 Å². The van der Waals surface area contributed by atoms with Crippen LogP contribution in [0, 0.1) is 0 Å². The zero-order valence-electron chi connectivity index (χ0n) is 12.7. The number of rotatable bonds is 4.